The van der Waals surface area contributed by atoms with E-state index >= 15 is 0 Å². The van der Waals surface area contributed by atoms with Crippen LogP contribution in [0.4, 0.5) is 0 Å². The van der Waals surface area contributed by atoms with E-state index in [1.165, 1.54) is 7.11 Å². The van der Waals surface area contributed by atoms with Gasteiger partial charge in [0.2, 0.25) is 0 Å². The molecule has 27 heavy (non-hydrogen) atoms. The highest BCUT2D eigenvalue weighted by molar-refractivity contribution is 6.15. The van der Waals surface area contributed by atoms with Gasteiger partial charge in [-0.25, -0.2) is 0 Å². The first-order chi connectivity index (χ1) is 12.6. The Morgan fingerprint density at radius 3 is 2.52 bits per heavy atom. The van der Waals surface area contributed by atoms with E-state index in [9.17, 15) is 20.1 Å². The molecule has 0 saturated carbocycles. The molecule has 0 aromatic heterocycles. The summed E-state index contributed by atoms with van der Waals surface area (Å²) >= 11 is 0. The third-order valence-corrected chi connectivity index (χ3v) is 5.78. The van der Waals surface area contributed by atoms with Gasteiger partial charge >= 0.3 is 0 Å². The number of benzene rings is 2. The van der Waals surface area contributed by atoms with E-state index in [1.807, 2.05) is 0 Å². The molecule has 0 saturated heterocycles. The predicted octanol–water partition coefficient (Wildman–Crippen LogP) is 2.70. The molecule has 2 aromatic carbocycles. The molecule has 5 nitrogen and oxygen atoms in total. The van der Waals surface area contributed by atoms with E-state index in [2.05, 4.69) is 6.58 Å². The molecular weight excluding hydrogens is 344 g/mol. The van der Waals surface area contributed by atoms with Crippen LogP contribution >= 0.6 is 0 Å². The standard InChI is InChI=1S/C22H22O5/c1-11-10-21(2,25)20(24)12-8-9-13-18(16(11)12)22(3,26)14-6-5-7-15(27-4)17(14)19(13)23/h5-9,20,24-26H,1,10H2,2-4H3. The van der Waals surface area contributed by atoms with Crippen molar-refractivity contribution in [3.05, 3.63) is 70.3 Å². The van der Waals surface area contributed by atoms with Crippen LogP contribution in [0.15, 0.2) is 36.9 Å². The van der Waals surface area contributed by atoms with Gasteiger partial charge in [-0.05, 0) is 36.6 Å². The highest BCUT2D eigenvalue weighted by atomic mass is 16.5. The third kappa shape index (κ3) is 2.26. The zero-order valence-electron chi connectivity index (χ0n) is 15.5. The lowest BCUT2D eigenvalue weighted by atomic mass is 9.67. The number of ketones is 1. The van der Waals surface area contributed by atoms with Crippen molar-refractivity contribution in [3.8, 4) is 5.75 Å². The Labute approximate surface area is 157 Å². The molecule has 140 valence electrons. The number of carbonyl (C=O) groups excluding carboxylic acids is 1. The minimum absolute atomic E-state index is 0.146. The van der Waals surface area contributed by atoms with E-state index in [4.69, 9.17) is 4.74 Å². The number of ether oxygens (including phenoxy) is 1. The zero-order valence-corrected chi connectivity index (χ0v) is 15.5. The van der Waals surface area contributed by atoms with Crippen molar-refractivity contribution in [3.63, 3.8) is 0 Å². The summed E-state index contributed by atoms with van der Waals surface area (Å²) in [4.78, 5) is 13.2. The Bertz CT molecular complexity index is 1000. The SMILES string of the molecule is C=C1CC(C)(O)C(O)c2ccc3c(c21)C(C)(O)c1cccc(OC)c1C3=O. The second-order valence-electron chi connectivity index (χ2n) is 7.78. The molecule has 2 aromatic rings. The molecular formula is C22H22O5. The average Bonchev–Trinajstić information content (AvgIpc) is 2.62. The highest BCUT2D eigenvalue weighted by Crippen LogP contribution is 2.51. The van der Waals surface area contributed by atoms with Gasteiger partial charge in [0.05, 0.1) is 18.3 Å². The van der Waals surface area contributed by atoms with Crippen LogP contribution in [0.1, 0.15) is 64.5 Å². The molecule has 0 heterocycles. The summed E-state index contributed by atoms with van der Waals surface area (Å²) in [5, 5.41) is 32.7. The van der Waals surface area contributed by atoms with Gasteiger partial charge in [-0.15, -0.1) is 0 Å². The molecule has 0 fully saturated rings. The maximum absolute atomic E-state index is 13.2. The third-order valence-electron chi connectivity index (χ3n) is 5.78. The van der Waals surface area contributed by atoms with Crippen LogP contribution in [0.2, 0.25) is 0 Å². The summed E-state index contributed by atoms with van der Waals surface area (Å²) in [6.45, 7) is 7.23. The van der Waals surface area contributed by atoms with Crippen LogP contribution < -0.4 is 4.74 Å². The second kappa shape index (κ2) is 5.52. The quantitative estimate of drug-likeness (QED) is 0.722. The molecule has 0 spiro atoms. The van der Waals surface area contributed by atoms with Crippen LogP contribution in [-0.2, 0) is 5.60 Å². The first-order valence-electron chi connectivity index (χ1n) is 8.81. The Kier molecular flexibility index (Phi) is 3.66. The van der Waals surface area contributed by atoms with E-state index < -0.39 is 17.3 Å². The lowest BCUT2D eigenvalue weighted by molar-refractivity contribution is -0.0634. The maximum atomic E-state index is 13.2. The summed E-state index contributed by atoms with van der Waals surface area (Å²) < 4.78 is 5.35. The fraction of sp³-hybridized carbons (Fsp3) is 0.318. The Balaban J connectivity index is 2.07. The number of fused-ring (bicyclic) bond motifs is 4. The van der Waals surface area contributed by atoms with Crippen molar-refractivity contribution >= 4 is 11.4 Å². The van der Waals surface area contributed by atoms with Gasteiger partial charge in [-0.1, -0.05) is 30.8 Å². The van der Waals surface area contributed by atoms with E-state index in [-0.39, 0.29) is 12.2 Å². The lowest BCUT2D eigenvalue weighted by Crippen LogP contribution is -2.40. The normalized spacial score (nSPS) is 29.0. The van der Waals surface area contributed by atoms with Crippen molar-refractivity contribution in [2.75, 3.05) is 7.11 Å². The Hall–Kier alpha value is -2.47. The minimum atomic E-state index is -1.48. The molecule has 3 N–H and O–H groups in total. The van der Waals surface area contributed by atoms with Crippen molar-refractivity contribution in [1.29, 1.82) is 0 Å². The Morgan fingerprint density at radius 1 is 1.15 bits per heavy atom. The fourth-order valence-corrected chi connectivity index (χ4v) is 4.48. The predicted molar refractivity (Wildman–Crippen MR) is 101 cm³/mol. The molecule has 3 atom stereocenters. The minimum Gasteiger partial charge on any atom is -0.496 e. The molecule has 0 radical (unpaired) electrons. The summed E-state index contributed by atoms with van der Waals surface area (Å²) in [5.41, 5.74) is 0.327. The number of aliphatic hydroxyl groups excluding tert-OH is 1. The molecule has 4 rings (SSSR count). The van der Waals surface area contributed by atoms with E-state index in [1.54, 1.807) is 44.2 Å². The number of hydrogen-bond donors (Lipinski definition) is 3. The summed E-state index contributed by atoms with van der Waals surface area (Å²) in [6.07, 6.45) is -0.992. The van der Waals surface area contributed by atoms with Crippen LogP contribution in [-0.4, -0.2) is 33.8 Å². The molecule has 3 unspecified atom stereocenters. The molecule has 5 heteroatoms. The summed E-state index contributed by atoms with van der Waals surface area (Å²) in [6, 6.07) is 8.35. The molecule has 0 bridgehead atoms. The van der Waals surface area contributed by atoms with Gasteiger partial charge in [0.1, 0.15) is 17.5 Å². The number of hydrogen-bond acceptors (Lipinski definition) is 5. The van der Waals surface area contributed by atoms with Gasteiger partial charge in [-0.2, -0.15) is 0 Å². The van der Waals surface area contributed by atoms with Crippen molar-refractivity contribution in [2.45, 2.75) is 37.6 Å². The van der Waals surface area contributed by atoms with E-state index in [0.29, 0.717) is 44.7 Å². The monoisotopic (exact) mass is 366 g/mol. The zero-order chi connectivity index (χ0) is 19.7. The van der Waals surface area contributed by atoms with Crippen molar-refractivity contribution in [2.24, 2.45) is 0 Å². The topological polar surface area (TPSA) is 87.0 Å². The number of carbonyl (C=O) groups is 1. The largest absolute Gasteiger partial charge is 0.496 e. The Morgan fingerprint density at radius 2 is 1.85 bits per heavy atom. The average molecular weight is 366 g/mol. The molecule has 2 aliphatic rings. The van der Waals surface area contributed by atoms with E-state index in [0.717, 1.165) is 0 Å². The van der Waals surface area contributed by atoms with Crippen LogP contribution in [0.25, 0.3) is 5.57 Å². The number of rotatable bonds is 1. The van der Waals surface area contributed by atoms with Crippen LogP contribution in [0, 0.1) is 0 Å². The van der Waals surface area contributed by atoms with Crippen LogP contribution in [0.5, 0.6) is 5.75 Å². The smallest absolute Gasteiger partial charge is 0.197 e. The van der Waals surface area contributed by atoms with Gasteiger partial charge < -0.3 is 20.1 Å². The first kappa shape index (κ1) is 17.9. The summed E-state index contributed by atoms with van der Waals surface area (Å²) in [5.74, 6) is 0.161. The first-order valence-corrected chi connectivity index (χ1v) is 8.81. The van der Waals surface area contributed by atoms with Crippen molar-refractivity contribution < 1.29 is 24.9 Å². The van der Waals surface area contributed by atoms with Crippen LogP contribution in [0.3, 0.4) is 0 Å². The molecule has 0 aliphatic heterocycles. The van der Waals surface area contributed by atoms with Gasteiger partial charge in [-0.3, -0.25) is 4.79 Å². The van der Waals surface area contributed by atoms with Gasteiger partial charge in [0.15, 0.2) is 5.78 Å². The second-order valence-corrected chi connectivity index (χ2v) is 7.78. The summed E-state index contributed by atoms with van der Waals surface area (Å²) in [7, 11) is 1.49. The molecule has 2 aliphatic carbocycles. The van der Waals surface area contributed by atoms with Crippen molar-refractivity contribution in [1.82, 2.24) is 0 Å². The molecule has 0 amide bonds. The lowest BCUT2D eigenvalue weighted by Gasteiger charge is -2.42. The fourth-order valence-electron chi connectivity index (χ4n) is 4.48. The highest BCUT2D eigenvalue weighted by Gasteiger charge is 2.47. The van der Waals surface area contributed by atoms with Gasteiger partial charge in [0, 0.05) is 23.1 Å². The number of aliphatic hydroxyl groups is 3. The maximum Gasteiger partial charge on any atom is 0.197 e. The van der Waals surface area contributed by atoms with Gasteiger partial charge in [0.25, 0.3) is 0 Å². The number of methoxy groups -OCH3 is 1.